The average molecular weight is 186 g/mol. The van der Waals surface area contributed by atoms with Crippen LogP contribution in [-0.2, 0) is 0 Å². The van der Waals surface area contributed by atoms with Crippen LogP contribution < -0.4 is 11.1 Å². The summed E-state index contributed by atoms with van der Waals surface area (Å²) in [5.74, 6) is -0.267. The molecule has 0 saturated carbocycles. The van der Waals surface area contributed by atoms with Gasteiger partial charge in [-0.15, -0.1) is 0 Å². The first-order valence-electron chi connectivity index (χ1n) is 3.28. The predicted octanol–water partition coefficient (Wildman–Crippen LogP) is 0.677. The van der Waals surface area contributed by atoms with E-state index in [-0.39, 0.29) is 11.1 Å². The molecule has 0 saturated heterocycles. The number of carbonyl (C=O) groups is 1. The Morgan fingerprint density at radius 2 is 2.42 bits per heavy atom. The number of rotatable bonds is 1. The van der Waals surface area contributed by atoms with Crippen molar-refractivity contribution in [2.45, 2.75) is 0 Å². The monoisotopic (exact) mass is 185 g/mol. The lowest BCUT2D eigenvalue weighted by Crippen LogP contribution is -2.19. The minimum absolute atomic E-state index is 0.267. The van der Waals surface area contributed by atoms with Crippen molar-refractivity contribution in [3.05, 3.63) is 23.0 Å². The van der Waals surface area contributed by atoms with Gasteiger partial charge in [0.25, 0.3) is 5.91 Å². The molecule has 12 heavy (non-hydrogen) atoms. The Morgan fingerprint density at radius 1 is 1.75 bits per heavy atom. The van der Waals surface area contributed by atoms with Gasteiger partial charge in [0, 0.05) is 18.9 Å². The maximum Gasteiger partial charge on any atom is 0.254 e. The van der Waals surface area contributed by atoms with Gasteiger partial charge in [-0.25, -0.2) is 4.98 Å². The number of pyridine rings is 1. The topological polar surface area (TPSA) is 68.0 Å². The molecule has 0 aliphatic rings. The van der Waals surface area contributed by atoms with Crippen LogP contribution in [0.5, 0.6) is 0 Å². The Bertz CT molecular complexity index is 314. The summed E-state index contributed by atoms with van der Waals surface area (Å²) in [6.07, 6.45) is 1.34. The van der Waals surface area contributed by atoms with E-state index in [1.165, 1.54) is 19.3 Å². The van der Waals surface area contributed by atoms with Gasteiger partial charge in [-0.05, 0) is 6.07 Å². The van der Waals surface area contributed by atoms with Crippen LogP contribution in [-0.4, -0.2) is 17.9 Å². The van der Waals surface area contributed by atoms with Crippen molar-refractivity contribution in [2.75, 3.05) is 12.8 Å². The Labute approximate surface area is 74.7 Å². The summed E-state index contributed by atoms with van der Waals surface area (Å²) >= 11 is 5.54. The van der Waals surface area contributed by atoms with E-state index < -0.39 is 0 Å². The highest BCUT2D eigenvalue weighted by Gasteiger charge is 2.07. The molecule has 1 amide bonds. The number of hydrogen-bond donors (Lipinski definition) is 2. The third-order valence-corrected chi connectivity index (χ3v) is 1.58. The van der Waals surface area contributed by atoms with Crippen molar-refractivity contribution in [2.24, 2.45) is 0 Å². The second kappa shape index (κ2) is 3.40. The molecule has 1 aromatic rings. The second-order valence-electron chi connectivity index (χ2n) is 2.17. The molecule has 0 spiro atoms. The number of hydrogen-bond acceptors (Lipinski definition) is 3. The maximum atomic E-state index is 11.1. The first-order chi connectivity index (χ1) is 5.65. The molecule has 5 heteroatoms. The van der Waals surface area contributed by atoms with Crippen molar-refractivity contribution < 1.29 is 4.79 Å². The maximum absolute atomic E-state index is 11.1. The fraction of sp³-hybridized carbons (Fsp3) is 0.143. The smallest absolute Gasteiger partial charge is 0.254 e. The number of amides is 1. The molecule has 64 valence electrons. The lowest BCUT2D eigenvalue weighted by molar-refractivity contribution is 0.0963. The summed E-state index contributed by atoms with van der Waals surface area (Å²) in [5.41, 5.74) is 6.18. The largest absolute Gasteiger partial charge is 0.398 e. The molecule has 3 N–H and O–H groups in total. The average Bonchev–Trinajstić information content (AvgIpc) is 2.03. The van der Waals surface area contributed by atoms with Crippen LogP contribution >= 0.6 is 11.6 Å². The van der Waals surface area contributed by atoms with Gasteiger partial charge in [-0.1, -0.05) is 11.6 Å². The summed E-state index contributed by atoms with van der Waals surface area (Å²) in [4.78, 5) is 14.8. The summed E-state index contributed by atoms with van der Waals surface area (Å²) in [6, 6.07) is 1.44. The van der Waals surface area contributed by atoms with E-state index in [0.717, 1.165) is 0 Å². The number of carbonyl (C=O) groups excluding carboxylic acids is 1. The van der Waals surface area contributed by atoms with E-state index in [1.54, 1.807) is 0 Å². The van der Waals surface area contributed by atoms with E-state index in [1.807, 2.05) is 0 Å². The Kier molecular flexibility index (Phi) is 2.50. The molecule has 1 rings (SSSR count). The van der Waals surface area contributed by atoms with E-state index in [2.05, 4.69) is 10.3 Å². The fourth-order valence-electron chi connectivity index (χ4n) is 0.768. The van der Waals surface area contributed by atoms with Crippen LogP contribution in [0.2, 0.25) is 5.15 Å². The van der Waals surface area contributed by atoms with Crippen LogP contribution in [0.4, 0.5) is 5.69 Å². The highest BCUT2D eigenvalue weighted by atomic mass is 35.5. The van der Waals surface area contributed by atoms with Crippen LogP contribution in [0.1, 0.15) is 10.4 Å². The third kappa shape index (κ3) is 1.65. The molecule has 1 aromatic heterocycles. The molecule has 0 fully saturated rings. The fourth-order valence-corrected chi connectivity index (χ4v) is 0.935. The van der Waals surface area contributed by atoms with E-state index in [4.69, 9.17) is 17.3 Å². The standard InChI is InChI=1S/C7H8ClN3O/c1-10-7(12)4-3-11-6(8)2-5(4)9/h2-3H,1H3,(H2,9,11)(H,10,12). The summed E-state index contributed by atoms with van der Waals surface area (Å²) in [7, 11) is 1.52. The minimum atomic E-state index is -0.267. The van der Waals surface area contributed by atoms with Gasteiger partial charge in [0.1, 0.15) is 5.15 Å². The molecule has 0 aliphatic heterocycles. The molecule has 0 aliphatic carbocycles. The van der Waals surface area contributed by atoms with Gasteiger partial charge in [-0.3, -0.25) is 4.79 Å². The normalized spacial score (nSPS) is 9.50. The van der Waals surface area contributed by atoms with E-state index >= 15 is 0 Å². The van der Waals surface area contributed by atoms with Crippen molar-refractivity contribution >= 4 is 23.2 Å². The van der Waals surface area contributed by atoms with Gasteiger partial charge >= 0.3 is 0 Å². The zero-order valence-electron chi connectivity index (χ0n) is 6.47. The highest BCUT2D eigenvalue weighted by molar-refractivity contribution is 6.29. The van der Waals surface area contributed by atoms with Gasteiger partial charge in [0.2, 0.25) is 0 Å². The molecule has 0 bridgehead atoms. The number of nitrogens with one attached hydrogen (secondary N) is 1. The van der Waals surface area contributed by atoms with Gasteiger partial charge in [0.15, 0.2) is 0 Å². The lowest BCUT2D eigenvalue weighted by atomic mass is 10.2. The van der Waals surface area contributed by atoms with Crippen LogP contribution in [0, 0.1) is 0 Å². The minimum Gasteiger partial charge on any atom is -0.398 e. The zero-order chi connectivity index (χ0) is 9.14. The first kappa shape index (κ1) is 8.80. The quantitative estimate of drug-likeness (QED) is 0.633. The van der Waals surface area contributed by atoms with Gasteiger partial charge in [0.05, 0.1) is 5.56 Å². The summed E-state index contributed by atoms with van der Waals surface area (Å²) < 4.78 is 0. The van der Waals surface area contributed by atoms with Gasteiger partial charge in [-0.2, -0.15) is 0 Å². The highest BCUT2D eigenvalue weighted by Crippen LogP contribution is 2.14. The summed E-state index contributed by atoms with van der Waals surface area (Å²) in [5, 5.41) is 2.72. The van der Waals surface area contributed by atoms with Crippen molar-refractivity contribution in [1.82, 2.24) is 10.3 Å². The van der Waals surface area contributed by atoms with Crippen molar-refractivity contribution in [1.29, 1.82) is 0 Å². The van der Waals surface area contributed by atoms with Crippen LogP contribution in [0.15, 0.2) is 12.3 Å². The number of nitrogen functional groups attached to an aromatic ring is 1. The SMILES string of the molecule is CNC(=O)c1cnc(Cl)cc1N. The number of nitrogens with zero attached hydrogens (tertiary/aromatic N) is 1. The van der Waals surface area contributed by atoms with E-state index in [0.29, 0.717) is 11.3 Å². The molecule has 4 nitrogen and oxygen atoms in total. The molecule has 0 atom stereocenters. The number of aromatic nitrogens is 1. The molecular formula is C7H8ClN3O. The number of halogens is 1. The summed E-state index contributed by atoms with van der Waals surface area (Å²) in [6.45, 7) is 0. The Morgan fingerprint density at radius 3 is 2.92 bits per heavy atom. The van der Waals surface area contributed by atoms with Gasteiger partial charge < -0.3 is 11.1 Å². The first-order valence-corrected chi connectivity index (χ1v) is 3.66. The van der Waals surface area contributed by atoms with E-state index in [9.17, 15) is 4.79 Å². The van der Waals surface area contributed by atoms with Crippen molar-refractivity contribution in [3.63, 3.8) is 0 Å². The van der Waals surface area contributed by atoms with Crippen LogP contribution in [0.3, 0.4) is 0 Å². The second-order valence-corrected chi connectivity index (χ2v) is 2.56. The molecule has 0 aromatic carbocycles. The molecule has 0 unspecified atom stereocenters. The molecule has 0 radical (unpaired) electrons. The number of nitrogens with two attached hydrogens (primary N) is 1. The number of anilines is 1. The third-order valence-electron chi connectivity index (χ3n) is 1.37. The Hall–Kier alpha value is -1.29. The lowest BCUT2D eigenvalue weighted by Gasteiger charge is -2.02. The van der Waals surface area contributed by atoms with Crippen LogP contribution in [0.25, 0.3) is 0 Å². The van der Waals surface area contributed by atoms with Crippen molar-refractivity contribution in [3.8, 4) is 0 Å². The molecule has 1 heterocycles. The predicted molar refractivity (Wildman–Crippen MR) is 47.0 cm³/mol. The zero-order valence-corrected chi connectivity index (χ0v) is 7.22. The molecular weight excluding hydrogens is 178 g/mol. The Balaban J connectivity index is 3.09.